The zero-order chi connectivity index (χ0) is 13.8. The van der Waals surface area contributed by atoms with Crippen molar-refractivity contribution in [2.45, 2.75) is 78.3 Å². The first kappa shape index (κ1) is 14.4. The molecule has 0 amide bonds. The molecule has 1 aromatic rings. The lowest BCUT2D eigenvalue weighted by Crippen LogP contribution is -2.27. The van der Waals surface area contributed by atoms with Crippen molar-refractivity contribution in [3.8, 4) is 0 Å². The number of nitrogens with zero attached hydrogens (tertiary/aromatic N) is 2. The van der Waals surface area contributed by atoms with Crippen LogP contribution in [0.2, 0.25) is 0 Å². The average molecular weight is 263 g/mol. The third-order valence-electron chi connectivity index (χ3n) is 4.68. The van der Waals surface area contributed by atoms with Gasteiger partial charge in [-0.15, -0.1) is 0 Å². The van der Waals surface area contributed by atoms with Crippen LogP contribution in [0.1, 0.15) is 71.0 Å². The Morgan fingerprint density at radius 3 is 2.53 bits per heavy atom. The summed E-state index contributed by atoms with van der Waals surface area (Å²) in [4.78, 5) is 4.70. The predicted octanol–water partition coefficient (Wildman–Crippen LogP) is 4.54. The van der Waals surface area contributed by atoms with E-state index in [0.717, 1.165) is 17.6 Å². The van der Waals surface area contributed by atoms with Gasteiger partial charge in [-0.2, -0.15) is 0 Å². The highest BCUT2D eigenvalue weighted by Gasteiger charge is 2.22. The molecule has 0 saturated heterocycles. The van der Waals surface area contributed by atoms with Gasteiger partial charge in [0, 0.05) is 18.3 Å². The predicted molar refractivity (Wildman–Crippen MR) is 81.6 cm³/mol. The van der Waals surface area contributed by atoms with Crippen molar-refractivity contribution >= 4 is 5.95 Å². The van der Waals surface area contributed by atoms with Crippen LogP contribution in [0, 0.1) is 12.8 Å². The van der Waals surface area contributed by atoms with Crippen molar-refractivity contribution in [3.05, 3.63) is 11.9 Å². The molecular weight excluding hydrogens is 234 g/mol. The Hall–Kier alpha value is -0.990. The van der Waals surface area contributed by atoms with Crippen molar-refractivity contribution < 1.29 is 0 Å². The third kappa shape index (κ3) is 3.31. The molecule has 1 N–H and O–H groups in total. The summed E-state index contributed by atoms with van der Waals surface area (Å²) in [5, 5.41) is 3.66. The highest BCUT2D eigenvalue weighted by Crippen LogP contribution is 2.32. The van der Waals surface area contributed by atoms with E-state index in [9.17, 15) is 0 Å². The molecule has 2 rings (SSSR count). The summed E-state index contributed by atoms with van der Waals surface area (Å²) in [6.07, 6.45) is 10.0. The molecule has 1 atom stereocenters. The smallest absolute Gasteiger partial charge is 0.203 e. The van der Waals surface area contributed by atoms with E-state index in [-0.39, 0.29) is 0 Å². The zero-order valence-corrected chi connectivity index (χ0v) is 12.9. The van der Waals surface area contributed by atoms with Crippen molar-refractivity contribution in [1.29, 1.82) is 0 Å². The van der Waals surface area contributed by atoms with Crippen LogP contribution in [0.25, 0.3) is 0 Å². The standard InChI is InChI=1S/C16H29N3/c1-5-14(6-2)13(4)18-16-17-12(3)11-19(16)15-9-7-8-10-15/h11,13-15H,5-10H2,1-4H3,(H,17,18). The summed E-state index contributed by atoms with van der Waals surface area (Å²) in [6.45, 7) is 8.95. The van der Waals surface area contributed by atoms with Crippen molar-refractivity contribution in [3.63, 3.8) is 0 Å². The first-order valence-corrected chi connectivity index (χ1v) is 7.97. The summed E-state index contributed by atoms with van der Waals surface area (Å²) in [5.74, 6) is 1.82. The minimum absolute atomic E-state index is 0.497. The maximum absolute atomic E-state index is 4.70. The lowest BCUT2D eigenvalue weighted by atomic mass is 9.96. The van der Waals surface area contributed by atoms with Gasteiger partial charge < -0.3 is 9.88 Å². The number of rotatable bonds is 6. The molecule has 3 heteroatoms. The summed E-state index contributed by atoms with van der Waals surface area (Å²) in [6, 6.07) is 1.16. The third-order valence-corrected chi connectivity index (χ3v) is 4.68. The molecule has 1 aromatic heterocycles. The number of hydrogen-bond donors (Lipinski definition) is 1. The van der Waals surface area contributed by atoms with Crippen LogP contribution in [0.15, 0.2) is 6.20 Å². The fraction of sp³-hybridized carbons (Fsp3) is 0.812. The van der Waals surface area contributed by atoms with Gasteiger partial charge in [0.15, 0.2) is 0 Å². The number of hydrogen-bond acceptors (Lipinski definition) is 2. The largest absolute Gasteiger partial charge is 0.353 e. The quantitative estimate of drug-likeness (QED) is 0.816. The highest BCUT2D eigenvalue weighted by molar-refractivity contribution is 5.31. The Labute approximate surface area is 117 Å². The average Bonchev–Trinajstić information content (AvgIpc) is 3.00. The number of aryl methyl sites for hydroxylation is 1. The van der Waals surface area contributed by atoms with Gasteiger partial charge in [0.05, 0.1) is 5.69 Å². The lowest BCUT2D eigenvalue weighted by Gasteiger charge is -2.24. The van der Waals surface area contributed by atoms with Gasteiger partial charge >= 0.3 is 0 Å². The van der Waals surface area contributed by atoms with Crippen molar-refractivity contribution in [1.82, 2.24) is 9.55 Å². The number of aromatic nitrogens is 2. The Morgan fingerprint density at radius 1 is 1.32 bits per heavy atom. The number of anilines is 1. The zero-order valence-electron chi connectivity index (χ0n) is 12.9. The van der Waals surface area contributed by atoms with Gasteiger partial charge in [-0.05, 0) is 32.6 Å². The Kier molecular flexibility index (Phi) is 4.89. The van der Waals surface area contributed by atoms with Crippen molar-refractivity contribution in [2.75, 3.05) is 5.32 Å². The summed E-state index contributed by atoms with van der Waals surface area (Å²) in [5.41, 5.74) is 1.13. The molecule has 1 aliphatic carbocycles. The molecule has 0 aromatic carbocycles. The van der Waals surface area contributed by atoms with Gasteiger partial charge in [-0.1, -0.05) is 39.5 Å². The van der Waals surface area contributed by atoms with Gasteiger partial charge in [0.2, 0.25) is 5.95 Å². The summed E-state index contributed by atoms with van der Waals surface area (Å²) >= 11 is 0. The van der Waals surface area contributed by atoms with Gasteiger partial charge in [-0.3, -0.25) is 0 Å². The molecule has 3 nitrogen and oxygen atoms in total. The molecule has 1 saturated carbocycles. The summed E-state index contributed by atoms with van der Waals surface area (Å²) in [7, 11) is 0. The molecule has 1 unspecified atom stereocenters. The molecule has 0 radical (unpaired) electrons. The van der Waals surface area contributed by atoms with Gasteiger partial charge in [0.25, 0.3) is 0 Å². The van der Waals surface area contributed by atoms with Crippen LogP contribution in [-0.2, 0) is 0 Å². The fourth-order valence-electron chi connectivity index (χ4n) is 3.40. The van der Waals surface area contributed by atoms with Crippen LogP contribution >= 0.6 is 0 Å². The molecule has 0 bridgehead atoms. The van der Waals surface area contributed by atoms with Gasteiger partial charge in [0.1, 0.15) is 0 Å². The first-order chi connectivity index (χ1) is 9.15. The molecule has 108 valence electrons. The fourth-order valence-corrected chi connectivity index (χ4v) is 3.40. The summed E-state index contributed by atoms with van der Waals surface area (Å²) < 4.78 is 2.39. The maximum atomic E-state index is 4.70. The van der Waals surface area contributed by atoms with E-state index in [1.165, 1.54) is 38.5 Å². The van der Waals surface area contributed by atoms with E-state index >= 15 is 0 Å². The van der Waals surface area contributed by atoms with E-state index in [0.29, 0.717) is 12.1 Å². The topological polar surface area (TPSA) is 29.9 Å². The van der Waals surface area contributed by atoms with Crippen LogP contribution < -0.4 is 5.32 Å². The van der Waals surface area contributed by atoms with E-state index in [1.54, 1.807) is 0 Å². The molecule has 1 aliphatic rings. The van der Waals surface area contributed by atoms with E-state index in [2.05, 4.69) is 43.8 Å². The molecule has 0 spiro atoms. The molecule has 1 heterocycles. The second-order valence-electron chi connectivity index (χ2n) is 6.06. The molecule has 19 heavy (non-hydrogen) atoms. The number of imidazole rings is 1. The van der Waals surface area contributed by atoms with E-state index in [1.807, 2.05) is 0 Å². The molecular formula is C16H29N3. The first-order valence-electron chi connectivity index (χ1n) is 7.97. The minimum atomic E-state index is 0.497. The minimum Gasteiger partial charge on any atom is -0.353 e. The Morgan fingerprint density at radius 2 is 1.95 bits per heavy atom. The van der Waals surface area contributed by atoms with Gasteiger partial charge in [-0.25, -0.2) is 4.98 Å². The van der Waals surface area contributed by atoms with Crippen molar-refractivity contribution in [2.24, 2.45) is 5.92 Å². The monoisotopic (exact) mass is 263 g/mol. The van der Waals surface area contributed by atoms with Crippen LogP contribution in [0.5, 0.6) is 0 Å². The Balaban J connectivity index is 2.10. The lowest BCUT2D eigenvalue weighted by molar-refractivity contribution is 0.431. The van der Waals surface area contributed by atoms with Crippen LogP contribution in [0.4, 0.5) is 5.95 Å². The maximum Gasteiger partial charge on any atom is 0.203 e. The normalized spacial score (nSPS) is 18.2. The second-order valence-corrected chi connectivity index (χ2v) is 6.06. The molecule has 1 fully saturated rings. The van der Waals surface area contributed by atoms with E-state index in [4.69, 9.17) is 4.98 Å². The van der Waals surface area contributed by atoms with Crippen LogP contribution in [-0.4, -0.2) is 15.6 Å². The van der Waals surface area contributed by atoms with E-state index < -0.39 is 0 Å². The number of nitrogens with one attached hydrogen (secondary N) is 1. The second kappa shape index (κ2) is 6.44. The Bertz CT molecular complexity index is 387. The highest BCUT2D eigenvalue weighted by atomic mass is 15.2. The SMILES string of the molecule is CCC(CC)C(C)Nc1nc(C)cn1C1CCCC1. The van der Waals surface area contributed by atoms with Crippen LogP contribution in [0.3, 0.4) is 0 Å². The molecule has 0 aliphatic heterocycles.